The van der Waals surface area contributed by atoms with Crippen LogP contribution in [0.5, 0.6) is 0 Å². The Bertz CT molecular complexity index is 942. The zero-order chi connectivity index (χ0) is 19.3. The summed E-state index contributed by atoms with van der Waals surface area (Å²) in [6, 6.07) is 35.4. The van der Waals surface area contributed by atoms with Gasteiger partial charge in [0.25, 0.3) is 0 Å². The van der Waals surface area contributed by atoms with Gasteiger partial charge in [-0.05, 0) is 0 Å². The van der Waals surface area contributed by atoms with Gasteiger partial charge in [0.2, 0.25) is 0 Å². The molecular weight excluding hydrogens is 447 g/mol. The molecule has 0 bridgehead atoms. The third kappa shape index (κ3) is 4.74. The van der Waals surface area contributed by atoms with Gasteiger partial charge in [-0.1, -0.05) is 83.7 Å². The third-order valence-corrected chi connectivity index (χ3v) is 9.41. The van der Waals surface area contributed by atoms with Gasteiger partial charge in [0.05, 0.1) is 0 Å². The molecule has 0 aliphatic carbocycles. The van der Waals surface area contributed by atoms with Crippen LogP contribution in [0.15, 0.2) is 97.1 Å². The average Bonchev–Trinajstić information content (AvgIpc) is 3.13. The Labute approximate surface area is 179 Å². The number of halogens is 3. The molecule has 0 N–H and O–H groups in total. The Kier molecular flexibility index (Phi) is 7.33. The van der Waals surface area contributed by atoms with Crippen LogP contribution in [0.3, 0.4) is 0 Å². The normalized spacial score (nSPS) is 11.0. The van der Waals surface area contributed by atoms with Crippen LogP contribution < -0.4 is 15.6 Å². The number of rotatable bonds is 3. The summed E-state index contributed by atoms with van der Waals surface area (Å²) in [5, 5.41) is 7.16. The predicted molar refractivity (Wildman–Crippen MR) is 121 cm³/mol. The first-order valence-corrected chi connectivity index (χ1v) is 17.6. The van der Waals surface area contributed by atoms with Crippen LogP contribution >= 0.6 is 27.9 Å². The first-order chi connectivity index (χ1) is 13.0. The van der Waals surface area contributed by atoms with Crippen molar-refractivity contribution in [1.29, 1.82) is 0 Å². The monoisotopic (exact) mass is 464 g/mol. The van der Waals surface area contributed by atoms with E-state index in [0.717, 1.165) is 0 Å². The van der Waals surface area contributed by atoms with Gasteiger partial charge >= 0.3 is 42.6 Å². The number of hydrogen-bond acceptors (Lipinski definition) is 0. The van der Waals surface area contributed by atoms with E-state index >= 15 is 0 Å². The van der Waals surface area contributed by atoms with Crippen LogP contribution in [-0.2, 0) is 14.7 Å². The molecule has 27 heavy (non-hydrogen) atoms. The van der Waals surface area contributed by atoms with Crippen molar-refractivity contribution in [3.05, 3.63) is 97.1 Å². The second-order valence-corrected chi connectivity index (χ2v) is 18.1. The van der Waals surface area contributed by atoms with E-state index < -0.39 is 22.8 Å². The first-order valence-electron chi connectivity index (χ1n) is 8.63. The van der Waals surface area contributed by atoms with E-state index in [-0.39, 0.29) is 0 Å². The summed E-state index contributed by atoms with van der Waals surface area (Å²) in [5.74, 6) is 0. The second kappa shape index (κ2) is 9.52. The molecule has 4 aromatic rings. The fourth-order valence-electron chi connectivity index (χ4n) is 3.61. The van der Waals surface area contributed by atoms with Crippen LogP contribution in [0.1, 0.15) is 0 Å². The zero-order valence-electron chi connectivity index (χ0n) is 14.9. The second-order valence-electron chi connectivity index (χ2n) is 6.41. The zero-order valence-corrected chi connectivity index (χ0v) is 19.7. The van der Waals surface area contributed by atoms with Crippen LogP contribution in [0, 0.1) is 0 Å². The molecule has 0 aliphatic heterocycles. The molecule has 0 aliphatic rings. The molecule has 0 fully saturated rings. The van der Waals surface area contributed by atoms with Gasteiger partial charge < -0.3 is 0 Å². The first kappa shape index (κ1) is 20.8. The molecule has 0 unspecified atom stereocenters. The minimum atomic E-state index is -1.99. The van der Waals surface area contributed by atoms with Gasteiger partial charge in [0.1, 0.15) is 8.07 Å². The predicted octanol–water partition coefficient (Wildman–Crippen LogP) is 5.72. The minimum absolute atomic E-state index is 1.34. The van der Waals surface area contributed by atoms with Gasteiger partial charge in [-0.25, -0.2) is 0 Å². The topological polar surface area (TPSA) is 0 Å². The SMILES string of the molecule is C[Si](c1ccccc1)(c1ccccc1)[c-]1ccc2ccccc21.[Cl][Ti+]([Cl])[Cl]. The summed E-state index contributed by atoms with van der Waals surface area (Å²) in [5.41, 5.74) is 0. The van der Waals surface area contributed by atoms with Crippen molar-refractivity contribution in [3.63, 3.8) is 0 Å². The molecule has 0 spiro atoms. The van der Waals surface area contributed by atoms with E-state index in [1.165, 1.54) is 26.3 Å². The Morgan fingerprint density at radius 3 is 1.63 bits per heavy atom. The molecule has 5 heteroatoms. The van der Waals surface area contributed by atoms with Crippen LogP contribution in [0.4, 0.5) is 0 Å². The maximum atomic E-state index is 4.97. The average molecular weight is 466 g/mol. The van der Waals surface area contributed by atoms with Crippen molar-refractivity contribution in [2.24, 2.45) is 0 Å². The van der Waals surface area contributed by atoms with E-state index in [4.69, 9.17) is 27.9 Å². The molecule has 0 radical (unpaired) electrons. The molecule has 0 aromatic heterocycles. The van der Waals surface area contributed by atoms with Gasteiger partial charge in [-0.2, -0.15) is 12.1 Å². The van der Waals surface area contributed by atoms with Crippen LogP contribution in [0.2, 0.25) is 6.55 Å². The third-order valence-electron chi connectivity index (χ3n) is 4.92. The molecule has 0 atom stereocenters. The van der Waals surface area contributed by atoms with Gasteiger partial charge in [0, 0.05) is 0 Å². The quantitative estimate of drug-likeness (QED) is 0.268. The molecule has 0 saturated heterocycles. The molecule has 136 valence electrons. The van der Waals surface area contributed by atoms with Crippen molar-refractivity contribution in [2.75, 3.05) is 0 Å². The molecule has 0 heterocycles. The van der Waals surface area contributed by atoms with E-state index in [0.29, 0.717) is 0 Å². The number of fused-ring (bicyclic) bond motifs is 1. The molecule has 4 aromatic carbocycles. The van der Waals surface area contributed by atoms with Crippen molar-refractivity contribution < 1.29 is 14.7 Å². The van der Waals surface area contributed by atoms with Crippen LogP contribution in [-0.4, -0.2) is 8.07 Å². The fourth-order valence-corrected chi connectivity index (χ4v) is 7.46. The molecular formula is C22H19Cl3SiTi. The summed E-state index contributed by atoms with van der Waals surface area (Å²) in [7, 11) is 12.9. The molecule has 0 saturated carbocycles. The summed E-state index contributed by atoms with van der Waals surface area (Å²) < 4.78 is 0. The van der Waals surface area contributed by atoms with Gasteiger partial charge in [0.15, 0.2) is 0 Å². The van der Waals surface area contributed by atoms with Crippen molar-refractivity contribution in [3.8, 4) is 0 Å². The Morgan fingerprint density at radius 2 is 1.11 bits per heavy atom. The van der Waals surface area contributed by atoms with E-state index in [1.54, 1.807) is 0 Å². The summed E-state index contributed by atoms with van der Waals surface area (Å²) in [6.07, 6.45) is 0. The van der Waals surface area contributed by atoms with E-state index in [9.17, 15) is 0 Å². The summed E-state index contributed by atoms with van der Waals surface area (Å²) in [4.78, 5) is 0. The molecule has 4 rings (SSSR count). The Hall–Kier alpha value is -0.929. The number of benzene rings is 3. The Morgan fingerprint density at radius 1 is 0.667 bits per heavy atom. The maximum absolute atomic E-state index is 4.97. The standard InChI is InChI=1S/C22H19Si.3ClH.Ti/c1-23(19-11-4-2-5-12-19,20-13-6-3-7-14-20)22-17-16-18-10-8-9-15-21(18)22;;;;/h2-17H,1H3;3*1H;/q-1;;;;+4/p-3. The Balaban J connectivity index is 0.000000481. The molecule has 0 nitrogen and oxygen atoms in total. The van der Waals surface area contributed by atoms with Gasteiger partial charge in [-0.3, -0.25) is 0 Å². The van der Waals surface area contributed by atoms with Crippen LogP contribution in [0.25, 0.3) is 10.8 Å². The van der Waals surface area contributed by atoms with Crippen molar-refractivity contribution in [2.45, 2.75) is 6.55 Å². The fraction of sp³-hybridized carbons (Fsp3) is 0.0455. The summed E-state index contributed by atoms with van der Waals surface area (Å²) >= 11 is -1.92. The number of hydrogen-bond donors (Lipinski definition) is 0. The van der Waals surface area contributed by atoms with Gasteiger partial charge in [-0.15, -0.1) is 34.2 Å². The van der Waals surface area contributed by atoms with Crippen molar-refractivity contribution >= 4 is 62.3 Å². The van der Waals surface area contributed by atoms with E-state index in [2.05, 4.69) is 104 Å². The summed E-state index contributed by atoms with van der Waals surface area (Å²) in [6.45, 7) is 2.47. The van der Waals surface area contributed by atoms with Crippen molar-refractivity contribution in [1.82, 2.24) is 0 Å². The van der Waals surface area contributed by atoms with E-state index in [1.807, 2.05) is 0 Å². The molecule has 0 amide bonds.